The zero-order valence-corrected chi connectivity index (χ0v) is 14.6. The van der Waals surface area contributed by atoms with Crippen molar-refractivity contribution in [1.29, 1.82) is 0 Å². The van der Waals surface area contributed by atoms with Crippen molar-refractivity contribution in [3.63, 3.8) is 0 Å². The highest BCUT2D eigenvalue weighted by molar-refractivity contribution is 5.55. The van der Waals surface area contributed by atoms with Crippen LogP contribution in [-0.4, -0.2) is 49.7 Å². The lowest BCUT2D eigenvalue weighted by Crippen LogP contribution is -2.44. The van der Waals surface area contributed by atoms with Gasteiger partial charge in [-0.3, -0.25) is 0 Å². The van der Waals surface area contributed by atoms with E-state index in [1.807, 2.05) is 12.3 Å². The molecule has 1 aliphatic rings. The summed E-state index contributed by atoms with van der Waals surface area (Å²) in [5, 5.41) is 3.44. The summed E-state index contributed by atoms with van der Waals surface area (Å²) in [5.74, 6) is 1.07. The molecule has 1 fully saturated rings. The molecule has 2 heterocycles. The average molecular weight is 322 g/mol. The van der Waals surface area contributed by atoms with Crippen LogP contribution in [0, 0.1) is 0 Å². The Morgan fingerprint density at radius 1 is 1.08 bits per heavy atom. The van der Waals surface area contributed by atoms with Gasteiger partial charge < -0.3 is 15.1 Å². The highest BCUT2D eigenvalue weighted by Gasteiger charge is 2.14. The van der Waals surface area contributed by atoms with Gasteiger partial charge in [0.05, 0.1) is 11.9 Å². The summed E-state index contributed by atoms with van der Waals surface area (Å²) in [6, 6.07) is 14.6. The third-order valence-corrected chi connectivity index (χ3v) is 4.36. The molecule has 0 atom stereocenters. The second kappa shape index (κ2) is 7.97. The number of benzene rings is 1. The van der Waals surface area contributed by atoms with Crippen molar-refractivity contribution in [2.24, 2.45) is 0 Å². The Bertz CT molecular complexity index is 656. The minimum absolute atomic E-state index is 0.824. The smallest absolute Gasteiger partial charge is 0.128 e. The monoisotopic (exact) mass is 322 g/mol. The summed E-state index contributed by atoms with van der Waals surface area (Å²) in [7, 11) is 2.17. The molecule has 1 saturated heterocycles. The molecule has 0 bridgehead atoms. The van der Waals surface area contributed by atoms with Crippen molar-refractivity contribution in [2.75, 3.05) is 50.0 Å². The first-order valence-corrected chi connectivity index (χ1v) is 8.56. The molecule has 24 heavy (non-hydrogen) atoms. The van der Waals surface area contributed by atoms with Crippen molar-refractivity contribution < 1.29 is 0 Å². The zero-order valence-electron chi connectivity index (χ0n) is 14.6. The second-order valence-electron chi connectivity index (χ2n) is 6.45. The van der Waals surface area contributed by atoms with Crippen molar-refractivity contribution in [2.45, 2.75) is 6.92 Å². The van der Waals surface area contributed by atoms with E-state index in [0.29, 0.717) is 0 Å². The number of hydrogen-bond acceptors (Lipinski definition) is 4. The number of aromatic nitrogens is 1. The lowest BCUT2D eigenvalue weighted by atomic mass is 10.1. The summed E-state index contributed by atoms with van der Waals surface area (Å²) in [5.41, 5.74) is 3.60. The first-order valence-electron chi connectivity index (χ1n) is 8.56. The highest BCUT2D eigenvalue weighted by atomic mass is 15.3. The lowest BCUT2D eigenvalue weighted by molar-refractivity contribution is 0.312. The molecular formula is C20H26N4. The van der Waals surface area contributed by atoms with Crippen LogP contribution in [0.15, 0.2) is 54.2 Å². The zero-order chi connectivity index (χ0) is 16.8. The number of likely N-dealkylation sites (N-methyl/N-ethyl adjacent to an activating group) is 1. The van der Waals surface area contributed by atoms with Crippen LogP contribution < -0.4 is 10.2 Å². The van der Waals surface area contributed by atoms with Gasteiger partial charge >= 0.3 is 0 Å². The van der Waals surface area contributed by atoms with Crippen molar-refractivity contribution in [3.05, 3.63) is 59.8 Å². The molecule has 4 nitrogen and oxygen atoms in total. The van der Waals surface area contributed by atoms with E-state index in [1.54, 1.807) is 0 Å². The Balaban J connectivity index is 1.54. The first kappa shape index (κ1) is 16.5. The van der Waals surface area contributed by atoms with E-state index >= 15 is 0 Å². The Kier molecular flexibility index (Phi) is 5.49. The fraction of sp³-hybridized carbons (Fsp3) is 0.350. The van der Waals surface area contributed by atoms with Crippen molar-refractivity contribution in [3.8, 4) is 0 Å². The van der Waals surface area contributed by atoms with Gasteiger partial charge in [-0.15, -0.1) is 0 Å². The molecule has 0 radical (unpaired) electrons. The third-order valence-electron chi connectivity index (χ3n) is 4.36. The van der Waals surface area contributed by atoms with Gasteiger partial charge in [0, 0.05) is 32.7 Å². The van der Waals surface area contributed by atoms with Gasteiger partial charge in [0.15, 0.2) is 0 Å². The molecule has 0 amide bonds. The molecule has 1 aromatic carbocycles. The van der Waals surface area contributed by atoms with E-state index < -0.39 is 0 Å². The number of rotatable bonds is 5. The predicted octanol–water partition coefficient (Wildman–Crippen LogP) is 3.35. The number of hydrogen-bond donors (Lipinski definition) is 1. The van der Waals surface area contributed by atoms with E-state index in [9.17, 15) is 0 Å². The topological polar surface area (TPSA) is 31.4 Å². The lowest BCUT2D eigenvalue weighted by Gasteiger charge is -2.33. The van der Waals surface area contributed by atoms with E-state index in [-0.39, 0.29) is 0 Å². The van der Waals surface area contributed by atoms with Crippen LogP contribution in [0.5, 0.6) is 0 Å². The number of piperazine rings is 1. The predicted molar refractivity (Wildman–Crippen MR) is 103 cm³/mol. The fourth-order valence-electron chi connectivity index (χ4n) is 2.84. The molecule has 0 saturated carbocycles. The van der Waals surface area contributed by atoms with Crippen LogP contribution >= 0.6 is 0 Å². The Morgan fingerprint density at radius 3 is 2.50 bits per heavy atom. The molecule has 3 rings (SSSR count). The van der Waals surface area contributed by atoms with Gasteiger partial charge in [0.2, 0.25) is 0 Å². The van der Waals surface area contributed by atoms with Crippen molar-refractivity contribution in [1.82, 2.24) is 9.88 Å². The summed E-state index contributed by atoms with van der Waals surface area (Å²) >= 11 is 0. The maximum Gasteiger partial charge on any atom is 0.128 e. The molecule has 1 aromatic heterocycles. The van der Waals surface area contributed by atoms with Crippen molar-refractivity contribution >= 4 is 17.6 Å². The van der Waals surface area contributed by atoms with E-state index in [1.165, 1.54) is 11.1 Å². The van der Waals surface area contributed by atoms with Gasteiger partial charge in [0.25, 0.3) is 0 Å². The number of nitrogens with zero attached hydrogens (tertiary/aromatic N) is 3. The second-order valence-corrected chi connectivity index (χ2v) is 6.45. The van der Waals surface area contributed by atoms with Crippen LogP contribution in [0.25, 0.3) is 6.08 Å². The standard InChI is InChI=1S/C20H26N4/c1-17(14-18-6-4-3-5-7-18)15-21-19-8-9-20(22-16-19)24-12-10-23(2)11-13-24/h3-9,14,16,21H,10-13,15H2,1-2H3/b17-14+. The Hall–Kier alpha value is -2.33. The number of pyridine rings is 1. The van der Waals surface area contributed by atoms with Gasteiger partial charge in [-0.2, -0.15) is 0 Å². The van der Waals surface area contributed by atoms with Crippen LogP contribution in [0.1, 0.15) is 12.5 Å². The minimum Gasteiger partial charge on any atom is -0.380 e. The molecule has 1 aliphatic heterocycles. The molecular weight excluding hydrogens is 296 g/mol. The van der Waals surface area contributed by atoms with Crippen LogP contribution in [0.4, 0.5) is 11.5 Å². The number of nitrogens with one attached hydrogen (secondary N) is 1. The largest absolute Gasteiger partial charge is 0.380 e. The molecule has 4 heteroatoms. The third kappa shape index (κ3) is 4.59. The Morgan fingerprint density at radius 2 is 1.83 bits per heavy atom. The van der Waals surface area contributed by atoms with Gasteiger partial charge in [-0.1, -0.05) is 42.0 Å². The van der Waals surface area contributed by atoms with E-state index in [2.05, 4.69) is 76.5 Å². The summed E-state index contributed by atoms with van der Waals surface area (Å²) in [6.45, 7) is 7.27. The number of anilines is 2. The average Bonchev–Trinajstić information content (AvgIpc) is 2.62. The summed E-state index contributed by atoms with van der Waals surface area (Å²) in [4.78, 5) is 9.32. The fourth-order valence-corrected chi connectivity index (χ4v) is 2.84. The first-order chi connectivity index (χ1) is 11.7. The molecule has 0 aliphatic carbocycles. The van der Waals surface area contributed by atoms with Gasteiger partial charge in [-0.25, -0.2) is 4.98 Å². The van der Waals surface area contributed by atoms with E-state index in [4.69, 9.17) is 0 Å². The normalized spacial score (nSPS) is 16.2. The van der Waals surface area contributed by atoms with Crippen LogP contribution in [0.3, 0.4) is 0 Å². The molecule has 0 unspecified atom stereocenters. The molecule has 0 spiro atoms. The van der Waals surface area contributed by atoms with E-state index in [0.717, 1.165) is 44.2 Å². The highest BCUT2D eigenvalue weighted by Crippen LogP contribution is 2.16. The van der Waals surface area contributed by atoms with Gasteiger partial charge in [-0.05, 0) is 31.7 Å². The maximum absolute atomic E-state index is 4.61. The Labute approximate surface area is 144 Å². The molecule has 2 aromatic rings. The van der Waals surface area contributed by atoms with Crippen LogP contribution in [-0.2, 0) is 0 Å². The maximum atomic E-state index is 4.61. The SMILES string of the molecule is C/C(=C\c1ccccc1)CNc1ccc(N2CCN(C)CC2)nc1. The van der Waals surface area contributed by atoms with Gasteiger partial charge in [0.1, 0.15) is 5.82 Å². The molecule has 126 valence electrons. The van der Waals surface area contributed by atoms with Crippen LogP contribution in [0.2, 0.25) is 0 Å². The summed E-state index contributed by atoms with van der Waals surface area (Å²) in [6.07, 6.45) is 4.14. The molecule has 1 N–H and O–H groups in total. The summed E-state index contributed by atoms with van der Waals surface area (Å²) < 4.78 is 0. The minimum atomic E-state index is 0.824. The quantitative estimate of drug-likeness (QED) is 0.915.